The lowest BCUT2D eigenvalue weighted by atomic mass is 10.1. The molecule has 2 rings (SSSR count). The van der Waals surface area contributed by atoms with E-state index in [4.69, 9.17) is 0 Å². The van der Waals surface area contributed by atoms with Gasteiger partial charge in [0.1, 0.15) is 5.82 Å². The van der Waals surface area contributed by atoms with Crippen LogP contribution in [0.25, 0.3) is 0 Å². The fourth-order valence-corrected chi connectivity index (χ4v) is 3.11. The molecule has 0 saturated heterocycles. The molecule has 20 heavy (non-hydrogen) atoms. The molecule has 4 nitrogen and oxygen atoms in total. The van der Waals surface area contributed by atoms with Crippen molar-refractivity contribution >= 4 is 27.7 Å². The van der Waals surface area contributed by atoms with E-state index < -0.39 is 0 Å². The van der Waals surface area contributed by atoms with E-state index in [2.05, 4.69) is 26.2 Å². The quantitative estimate of drug-likeness (QED) is 0.892. The minimum atomic E-state index is 0.0432. The summed E-state index contributed by atoms with van der Waals surface area (Å²) in [7, 11) is 1.89. The van der Waals surface area contributed by atoms with Crippen molar-refractivity contribution in [2.75, 3.05) is 25.5 Å². The summed E-state index contributed by atoms with van der Waals surface area (Å²) in [6, 6.07) is 1.85. The summed E-state index contributed by atoms with van der Waals surface area (Å²) < 4.78 is 0.830. The number of rotatable bonds is 5. The van der Waals surface area contributed by atoms with E-state index in [1.165, 1.54) is 25.7 Å². The number of pyridine rings is 1. The first-order chi connectivity index (χ1) is 9.61. The molecule has 1 aliphatic carbocycles. The number of carbonyl (C=O) groups excluding carboxylic acids is 1. The largest absolute Gasteiger partial charge is 0.370 e. The Hall–Kier alpha value is -1.10. The molecule has 0 unspecified atom stereocenters. The zero-order valence-corrected chi connectivity index (χ0v) is 13.7. The average Bonchev–Trinajstić information content (AvgIpc) is 2.93. The average molecular weight is 340 g/mol. The third-order valence-corrected chi connectivity index (χ3v) is 4.22. The molecule has 0 atom stereocenters. The summed E-state index contributed by atoms with van der Waals surface area (Å²) >= 11 is 3.39. The molecule has 1 fully saturated rings. The van der Waals surface area contributed by atoms with Crippen molar-refractivity contribution in [2.24, 2.45) is 5.92 Å². The van der Waals surface area contributed by atoms with Gasteiger partial charge in [0.05, 0.1) is 5.56 Å². The second-order valence-corrected chi connectivity index (χ2v) is 6.33. The van der Waals surface area contributed by atoms with Gasteiger partial charge in [-0.1, -0.05) is 12.8 Å². The number of nitrogens with zero attached hydrogens (tertiary/aromatic N) is 2. The first-order valence-electron chi connectivity index (χ1n) is 7.26. The van der Waals surface area contributed by atoms with Crippen LogP contribution in [0.4, 0.5) is 5.82 Å². The van der Waals surface area contributed by atoms with Gasteiger partial charge in [0.2, 0.25) is 0 Å². The van der Waals surface area contributed by atoms with Gasteiger partial charge in [-0.25, -0.2) is 4.98 Å². The molecule has 1 aromatic heterocycles. The van der Waals surface area contributed by atoms with E-state index >= 15 is 0 Å². The van der Waals surface area contributed by atoms with Crippen molar-refractivity contribution in [3.63, 3.8) is 0 Å². The molecule has 0 aromatic carbocycles. The zero-order chi connectivity index (χ0) is 14.5. The number of hydrogen-bond donors (Lipinski definition) is 1. The second-order valence-electron chi connectivity index (χ2n) is 5.42. The van der Waals surface area contributed by atoms with Crippen LogP contribution < -0.4 is 5.32 Å². The van der Waals surface area contributed by atoms with Crippen LogP contribution in [0.15, 0.2) is 16.7 Å². The van der Waals surface area contributed by atoms with Crippen molar-refractivity contribution in [1.29, 1.82) is 0 Å². The van der Waals surface area contributed by atoms with Gasteiger partial charge in [0.15, 0.2) is 0 Å². The molecule has 5 heteroatoms. The fourth-order valence-electron chi connectivity index (χ4n) is 2.78. The number of hydrogen-bond acceptors (Lipinski definition) is 3. The molecular weight excluding hydrogens is 318 g/mol. The van der Waals surface area contributed by atoms with E-state index in [1.807, 2.05) is 24.9 Å². The van der Waals surface area contributed by atoms with Gasteiger partial charge in [-0.2, -0.15) is 0 Å². The fraction of sp³-hybridized carbons (Fsp3) is 0.600. The standard InChI is InChI=1S/C15H22BrN3O/c1-3-17-14-13(8-12(16)9-18-14)15(20)19(2)10-11-6-4-5-7-11/h8-9,11H,3-7,10H2,1-2H3,(H,17,18). The lowest BCUT2D eigenvalue weighted by Gasteiger charge is -2.22. The monoisotopic (exact) mass is 339 g/mol. The highest BCUT2D eigenvalue weighted by molar-refractivity contribution is 9.10. The Labute approximate surface area is 129 Å². The Balaban J connectivity index is 2.11. The molecule has 1 heterocycles. The van der Waals surface area contributed by atoms with Crippen LogP contribution in [-0.4, -0.2) is 35.9 Å². The first kappa shape index (κ1) is 15.3. The van der Waals surface area contributed by atoms with Gasteiger partial charge >= 0.3 is 0 Å². The minimum Gasteiger partial charge on any atom is -0.370 e. The Morgan fingerprint density at radius 1 is 1.50 bits per heavy atom. The van der Waals surface area contributed by atoms with Crippen LogP contribution >= 0.6 is 15.9 Å². The molecular formula is C15H22BrN3O. The summed E-state index contributed by atoms with van der Waals surface area (Å²) in [5.41, 5.74) is 0.640. The highest BCUT2D eigenvalue weighted by Gasteiger charge is 2.22. The molecule has 1 amide bonds. The maximum Gasteiger partial charge on any atom is 0.257 e. The van der Waals surface area contributed by atoms with Crippen molar-refractivity contribution < 1.29 is 4.79 Å². The Kier molecular flexibility index (Phi) is 5.40. The van der Waals surface area contributed by atoms with Crippen LogP contribution in [0.3, 0.4) is 0 Å². The van der Waals surface area contributed by atoms with Crippen LogP contribution in [-0.2, 0) is 0 Å². The molecule has 110 valence electrons. The van der Waals surface area contributed by atoms with Crippen molar-refractivity contribution in [1.82, 2.24) is 9.88 Å². The normalized spacial score (nSPS) is 15.3. The number of amides is 1. The number of halogens is 1. The minimum absolute atomic E-state index is 0.0432. The predicted octanol–water partition coefficient (Wildman–Crippen LogP) is 3.54. The van der Waals surface area contributed by atoms with Crippen LogP contribution in [0.5, 0.6) is 0 Å². The maximum absolute atomic E-state index is 12.6. The Morgan fingerprint density at radius 2 is 2.20 bits per heavy atom. The lowest BCUT2D eigenvalue weighted by Crippen LogP contribution is -2.31. The molecule has 1 aromatic rings. The van der Waals surface area contributed by atoms with Crippen molar-refractivity contribution in [3.8, 4) is 0 Å². The summed E-state index contributed by atoms with van der Waals surface area (Å²) in [5, 5.41) is 3.15. The maximum atomic E-state index is 12.6. The lowest BCUT2D eigenvalue weighted by molar-refractivity contribution is 0.0774. The van der Waals surface area contributed by atoms with Crippen molar-refractivity contribution in [3.05, 3.63) is 22.3 Å². The van der Waals surface area contributed by atoms with Gasteiger partial charge in [-0.3, -0.25) is 4.79 Å². The molecule has 0 radical (unpaired) electrons. The number of aromatic nitrogens is 1. The van der Waals surface area contributed by atoms with E-state index in [9.17, 15) is 4.79 Å². The van der Waals surface area contributed by atoms with Crippen LogP contribution in [0.1, 0.15) is 43.0 Å². The van der Waals surface area contributed by atoms with Crippen LogP contribution in [0.2, 0.25) is 0 Å². The van der Waals surface area contributed by atoms with Gasteiger partial charge in [-0.15, -0.1) is 0 Å². The van der Waals surface area contributed by atoms with Gasteiger partial charge in [0.25, 0.3) is 5.91 Å². The summed E-state index contributed by atoms with van der Waals surface area (Å²) in [4.78, 5) is 18.7. The third kappa shape index (κ3) is 3.72. The predicted molar refractivity (Wildman–Crippen MR) is 85.0 cm³/mol. The van der Waals surface area contributed by atoms with Gasteiger partial charge < -0.3 is 10.2 Å². The van der Waals surface area contributed by atoms with Gasteiger partial charge in [0, 0.05) is 30.8 Å². The van der Waals surface area contributed by atoms with E-state index in [1.54, 1.807) is 6.20 Å². The van der Waals surface area contributed by atoms with E-state index in [0.717, 1.165) is 17.6 Å². The molecule has 1 saturated carbocycles. The first-order valence-corrected chi connectivity index (χ1v) is 8.06. The molecule has 1 N–H and O–H groups in total. The Bertz CT molecular complexity index is 472. The molecule has 0 bridgehead atoms. The van der Waals surface area contributed by atoms with Crippen LogP contribution in [0, 0.1) is 5.92 Å². The Morgan fingerprint density at radius 3 is 2.85 bits per heavy atom. The summed E-state index contributed by atoms with van der Waals surface area (Å²) in [6.07, 6.45) is 6.80. The van der Waals surface area contributed by atoms with Crippen molar-refractivity contribution in [2.45, 2.75) is 32.6 Å². The second kappa shape index (κ2) is 7.07. The summed E-state index contributed by atoms with van der Waals surface area (Å²) in [6.45, 7) is 3.60. The van der Waals surface area contributed by atoms with Gasteiger partial charge in [-0.05, 0) is 47.7 Å². The zero-order valence-electron chi connectivity index (χ0n) is 12.2. The number of anilines is 1. The molecule has 1 aliphatic rings. The smallest absolute Gasteiger partial charge is 0.257 e. The summed E-state index contributed by atoms with van der Waals surface area (Å²) in [5.74, 6) is 1.37. The third-order valence-electron chi connectivity index (χ3n) is 3.78. The highest BCUT2D eigenvalue weighted by atomic mass is 79.9. The number of nitrogens with one attached hydrogen (secondary N) is 1. The van der Waals surface area contributed by atoms with E-state index in [-0.39, 0.29) is 5.91 Å². The highest BCUT2D eigenvalue weighted by Crippen LogP contribution is 2.26. The SMILES string of the molecule is CCNc1ncc(Br)cc1C(=O)N(C)CC1CCCC1. The molecule has 0 aliphatic heterocycles. The molecule has 0 spiro atoms. The topological polar surface area (TPSA) is 45.2 Å². The van der Waals surface area contributed by atoms with E-state index in [0.29, 0.717) is 17.3 Å². The number of carbonyl (C=O) groups is 1.